The van der Waals surface area contributed by atoms with Gasteiger partial charge in [-0.05, 0) is 55.8 Å². The van der Waals surface area contributed by atoms with E-state index >= 15 is 0 Å². The first-order valence-corrected chi connectivity index (χ1v) is 6.65. The second kappa shape index (κ2) is 6.06. The van der Waals surface area contributed by atoms with Crippen LogP contribution in [0, 0.1) is 5.92 Å². The molecule has 0 bridgehead atoms. The Kier molecular flexibility index (Phi) is 4.43. The largest absolute Gasteiger partial charge is 0.496 e. The van der Waals surface area contributed by atoms with Crippen molar-refractivity contribution in [1.29, 1.82) is 0 Å². The van der Waals surface area contributed by atoms with E-state index in [9.17, 15) is 0 Å². The second-order valence-corrected chi connectivity index (χ2v) is 5.09. The molecule has 2 rings (SSSR count). The summed E-state index contributed by atoms with van der Waals surface area (Å²) in [6, 6.07) is 8.40. The molecule has 0 radical (unpaired) electrons. The van der Waals surface area contributed by atoms with Gasteiger partial charge in [0.2, 0.25) is 0 Å². The number of methoxy groups -OCH3 is 1. The molecular weight excluding hydrogens is 210 g/mol. The lowest BCUT2D eigenvalue weighted by atomic mass is 9.86. The van der Waals surface area contributed by atoms with Crippen LogP contribution in [0.25, 0.3) is 0 Å². The number of rotatable bonds is 4. The van der Waals surface area contributed by atoms with Crippen molar-refractivity contribution >= 4 is 0 Å². The Morgan fingerprint density at radius 2 is 2.24 bits per heavy atom. The number of hydrogen-bond donors (Lipinski definition) is 1. The lowest BCUT2D eigenvalue weighted by Crippen LogP contribution is -2.30. The maximum atomic E-state index is 5.44. The maximum absolute atomic E-state index is 5.44. The van der Waals surface area contributed by atoms with Crippen LogP contribution in [0.4, 0.5) is 0 Å². The van der Waals surface area contributed by atoms with Crippen LogP contribution in [-0.4, -0.2) is 20.2 Å². The Bertz CT molecular complexity index is 345. The summed E-state index contributed by atoms with van der Waals surface area (Å²) < 4.78 is 5.44. The molecule has 1 aliphatic heterocycles. The molecule has 1 N–H and O–H groups in total. The molecule has 1 aromatic carbocycles. The molecule has 0 saturated carbocycles. The third-order valence-electron chi connectivity index (χ3n) is 3.76. The predicted octanol–water partition coefficient (Wildman–Crippen LogP) is 3.19. The van der Waals surface area contributed by atoms with E-state index in [1.807, 2.05) is 6.07 Å². The summed E-state index contributed by atoms with van der Waals surface area (Å²) in [4.78, 5) is 0. The fourth-order valence-electron chi connectivity index (χ4n) is 2.83. The molecule has 1 aliphatic rings. The Hall–Kier alpha value is -1.02. The first kappa shape index (κ1) is 12.4. The fourth-order valence-corrected chi connectivity index (χ4v) is 2.83. The number of piperidine rings is 1. The van der Waals surface area contributed by atoms with Gasteiger partial charge in [0.25, 0.3) is 0 Å². The van der Waals surface area contributed by atoms with E-state index in [0.717, 1.165) is 11.7 Å². The Morgan fingerprint density at radius 3 is 2.94 bits per heavy atom. The zero-order chi connectivity index (χ0) is 12.1. The molecule has 0 aliphatic carbocycles. The molecule has 94 valence electrons. The lowest BCUT2D eigenvalue weighted by molar-refractivity contribution is 0.335. The van der Waals surface area contributed by atoms with Crippen LogP contribution in [0.3, 0.4) is 0 Å². The molecular formula is C15H23NO. The Balaban J connectivity index is 2.00. The Morgan fingerprint density at radius 1 is 1.41 bits per heavy atom. The molecule has 2 nitrogen and oxygen atoms in total. The average Bonchev–Trinajstić information content (AvgIpc) is 2.40. The van der Waals surface area contributed by atoms with Crippen molar-refractivity contribution in [2.75, 3.05) is 20.2 Å². The molecule has 0 spiro atoms. The highest BCUT2D eigenvalue weighted by molar-refractivity contribution is 5.35. The van der Waals surface area contributed by atoms with E-state index in [0.29, 0.717) is 5.92 Å². The molecule has 2 heteroatoms. The summed E-state index contributed by atoms with van der Waals surface area (Å²) in [6.07, 6.45) is 3.95. The first-order valence-electron chi connectivity index (χ1n) is 6.65. The van der Waals surface area contributed by atoms with Gasteiger partial charge in [0.05, 0.1) is 7.11 Å². The lowest BCUT2D eigenvalue weighted by Gasteiger charge is -2.26. The van der Waals surface area contributed by atoms with Gasteiger partial charge in [-0.25, -0.2) is 0 Å². The molecule has 1 heterocycles. The van der Waals surface area contributed by atoms with Gasteiger partial charge in [0, 0.05) is 0 Å². The molecule has 0 aromatic heterocycles. The summed E-state index contributed by atoms with van der Waals surface area (Å²) in [7, 11) is 1.76. The predicted molar refractivity (Wildman–Crippen MR) is 71.6 cm³/mol. The van der Waals surface area contributed by atoms with E-state index < -0.39 is 0 Å². The van der Waals surface area contributed by atoms with Gasteiger partial charge in [-0.3, -0.25) is 0 Å². The van der Waals surface area contributed by atoms with Gasteiger partial charge in [-0.1, -0.05) is 25.1 Å². The van der Waals surface area contributed by atoms with Crippen molar-refractivity contribution in [1.82, 2.24) is 5.32 Å². The summed E-state index contributed by atoms with van der Waals surface area (Å²) in [5.41, 5.74) is 1.35. The normalized spacial score (nSPS) is 22.1. The van der Waals surface area contributed by atoms with Crippen LogP contribution in [-0.2, 0) is 0 Å². The van der Waals surface area contributed by atoms with E-state index in [-0.39, 0.29) is 0 Å². The monoisotopic (exact) mass is 233 g/mol. The number of nitrogens with one attached hydrogen (secondary N) is 1. The highest BCUT2D eigenvalue weighted by Gasteiger charge is 2.18. The highest BCUT2D eigenvalue weighted by atomic mass is 16.5. The number of ether oxygens (including phenoxy) is 1. The van der Waals surface area contributed by atoms with Gasteiger partial charge < -0.3 is 10.1 Å². The van der Waals surface area contributed by atoms with E-state index in [1.54, 1.807) is 7.11 Å². The topological polar surface area (TPSA) is 21.3 Å². The molecule has 17 heavy (non-hydrogen) atoms. The van der Waals surface area contributed by atoms with Gasteiger partial charge in [-0.2, -0.15) is 0 Å². The van der Waals surface area contributed by atoms with Crippen molar-refractivity contribution in [3.05, 3.63) is 29.8 Å². The second-order valence-electron chi connectivity index (χ2n) is 5.09. The van der Waals surface area contributed by atoms with E-state index in [1.165, 1.54) is 37.9 Å². The summed E-state index contributed by atoms with van der Waals surface area (Å²) in [6.45, 7) is 4.69. The van der Waals surface area contributed by atoms with Gasteiger partial charge in [-0.15, -0.1) is 0 Å². The molecule has 2 unspecified atom stereocenters. The maximum Gasteiger partial charge on any atom is 0.122 e. The van der Waals surface area contributed by atoms with E-state index in [2.05, 4.69) is 30.4 Å². The van der Waals surface area contributed by atoms with Crippen LogP contribution in [0.1, 0.15) is 37.7 Å². The smallest absolute Gasteiger partial charge is 0.122 e. The number of benzene rings is 1. The highest BCUT2D eigenvalue weighted by Crippen LogP contribution is 2.32. The molecule has 0 amide bonds. The SMILES string of the molecule is COc1ccccc1C(C)CC1CCCNC1. The first-order chi connectivity index (χ1) is 8.31. The van der Waals surface area contributed by atoms with Crippen molar-refractivity contribution in [3.63, 3.8) is 0 Å². The van der Waals surface area contributed by atoms with Gasteiger partial charge in [0.15, 0.2) is 0 Å². The van der Waals surface area contributed by atoms with Crippen molar-refractivity contribution < 1.29 is 4.74 Å². The van der Waals surface area contributed by atoms with Crippen molar-refractivity contribution in [3.8, 4) is 5.75 Å². The standard InChI is InChI=1S/C15H23NO/c1-12(10-13-6-5-9-16-11-13)14-7-3-4-8-15(14)17-2/h3-4,7-8,12-13,16H,5-6,9-11H2,1-2H3. The minimum Gasteiger partial charge on any atom is -0.496 e. The third-order valence-corrected chi connectivity index (χ3v) is 3.76. The molecule has 1 aromatic rings. The van der Waals surface area contributed by atoms with Gasteiger partial charge >= 0.3 is 0 Å². The van der Waals surface area contributed by atoms with Crippen LogP contribution in [0.5, 0.6) is 5.75 Å². The summed E-state index contributed by atoms with van der Waals surface area (Å²) in [5.74, 6) is 2.43. The summed E-state index contributed by atoms with van der Waals surface area (Å²) >= 11 is 0. The molecule has 2 atom stereocenters. The van der Waals surface area contributed by atoms with E-state index in [4.69, 9.17) is 4.74 Å². The molecule has 1 fully saturated rings. The minimum absolute atomic E-state index is 0.580. The van der Waals surface area contributed by atoms with Crippen LogP contribution in [0.15, 0.2) is 24.3 Å². The van der Waals surface area contributed by atoms with Gasteiger partial charge in [0.1, 0.15) is 5.75 Å². The fraction of sp³-hybridized carbons (Fsp3) is 0.600. The van der Waals surface area contributed by atoms with Crippen LogP contribution >= 0.6 is 0 Å². The van der Waals surface area contributed by atoms with Crippen molar-refractivity contribution in [2.45, 2.75) is 32.1 Å². The number of hydrogen-bond acceptors (Lipinski definition) is 2. The average molecular weight is 233 g/mol. The summed E-state index contributed by atoms with van der Waals surface area (Å²) in [5, 5.41) is 3.49. The minimum atomic E-state index is 0.580. The zero-order valence-electron chi connectivity index (χ0n) is 10.9. The molecule has 1 saturated heterocycles. The van der Waals surface area contributed by atoms with Crippen LogP contribution < -0.4 is 10.1 Å². The quantitative estimate of drug-likeness (QED) is 0.862. The Labute approximate surface area is 104 Å². The number of para-hydroxylation sites is 1. The zero-order valence-corrected chi connectivity index (χ0v) is 10.9. The van der Waals surface area contributed by atoms with Crippen LogP contribution in [0.2, 0.25) is 0 Å². The third kappa shape index (κ3) is 3.22. The van der Waals surface area contributed by atoms with Crippen molar-refractivity contribution in [2.24, 2.45) is 5.92 Å².